The van der Waals surface area contributed by atoms with Crippen LogP contribution in [0.2, 0.25) is 0 Å². The van der Waals surface area contributed by atoms with E-state index in [0.29, 0.717) is 0 Å². The molecule has 0 bridgehead atoms. The van der Waals surface area contributed by atoms with Crippen molar-refractivity contribution >= 4 is 15.9 Å². The first-order valence-corrected chi connectivity index (χ1v) is 7.89. The number of rotatable bonds is 6. The summed E-state index contributed by atoms with van der Waals surface area (Å²) < 4.78 is 12.1. The van der Waals surface area contributed by atoms with Crippen LogP contribution in [0, 0.1) is 0 Å². The molecule has 1 aliphatic rings. The lowest BCUT2D eigenvalue weighted by Gasteiger charge is -2.32. The third-order valence-corrected chi connectivity index (χ3v) is 4.38. The maximum atomic E-state index is 5.78. The topological polar surface area (TPSA) is 33.7 Å². The van der Waals surface area contributed by atoms with Crippen molar-refractivity contribution in [3.05, 3.63) is 28.2 Å². The molecule has 1 atom stereocenters. The maximum absolute atomic E-state index is 5.78. The number of nitrogens with zero attached hydrogens (tertiary/aromatic N) is 1. The normalized spacial score (nSPS) is 20.1. The average molecular weight is 343 g/mol. The van der Waals surface area contributed by atoms with Crippen molar-refractivity contribution in [2.75, 3.05) is 39.9 Å². The molecular weight excluding hydrogens is 320 g/mol. The van der Waals surface area contributed by atoms with Gasteiger partial charge in [0.1, 0.15) is 5.75 Å². The summed E-state index contributed by atoms with van der Waals surface area (Å²) in [6, 6.07) is 6.03. The predicted octanol–water partition coefficient (Wildman–Crippen LogP) is 2.27. The molecule has 1 saturated heterocycles. The van der Waals surface area contributed by atoms with Crippen molar-refractivity contribution in [3.63, 3.8) is 0 Å². The molecule has 112 valence electrons. The summed E-state index contributed by atoms with van der Waals surface area (Å²) in [5.74, 6) is 0.885. The number of ether oxygens (including phenoxy) is 2. The predicted molar refractivity (Wildman–Crippen MR) is 84.3 cm³/mol. The van der Waals surface area contributed by atoms with E-state index in [1.165, 1.54) is 5.56 Å². The lowest BCUT2D eigenvalue weighted by molar-refractivity contribution is -0.0253. The zero-order valence-corrected chi connectivity index (χ0v) is 13.8. The molecule has 2 rings (SSSR count). The van der Waals surface area contributed by atoms with Gasteiger partial charge in [0, 0.05) is 30.7 Å². The van der Waals surface area contributed by atoms with Gasteiger partial charge >= 0.3 is 0 Å². The van der Waals surface area contributed by atoms with E-state index in [4.69, 9.17) is 9.47 Å². The molecule has 0 amide bonds. The van der Waals surface area contributed by atoms with Crippen LogP contribution < -0.4 is 10.1 Å². The van der Waals surface area contributed by atoms with Gasteiger partial charge in [-0.2, -0.15) is 0 Å². The Bertz CT molecular complexity index is 428. The van der Waals surface area contributed by atoms with Crippen LogP contribution in [0.3, 0.4) is 0 Å². The largest absolute Gasteiger partial charge is 0.497 e. The van der Waals surface area contributed by atoms with E-state index in [9.17, 15) is 0 Å². The molecule has 1 N–H and O–H groups in total. The first-order valence-electron chi connectivity index (χ1n) is 7.10. The van der Waals surface area contributed by atoms with Gasteiger partial charge in [-0.15, -0.1) is 0 Å². The minimum absolute atomic E-state index is 0.285. The van der Waals surface area contributed by atoms with Crippen LogP contribution in [0.5, 0.6) is 5.75 Å². The summed E-state index contributed by atoms with van der Waals surface area (Å²) in [5, 5.41) is 3.47. The third kappa shape index (κ3) is 4.45. The summed E-state index contributed by atoms with van der Waals surface area (Å²) in [5.41, 5.74) is 1.20. The van der Waals surface area contributed by atoms with E-state index in [-0.39, 0.29) is 6.10 Å². The van der Waals surface area contributed by atoms with E-state index in [2.05, 4.69) is 39.1 Å². The molecule has 0 saturated carbocycles. The second kappa shape index (κ2) is 7.98. The fraction of sp³-hybridized carbons (Fsp3) is 0.600. The van der Waals surface area contributed by atoms with Gasteiger partial charge in [0.05, 0.1) is 19.8 Å². The van der Waals surface area contributed by atoms with Crippen LogP contribution in [0.15, 0.2) is 22.7 Å². The third-order valence-electron chi connectivity index (χ3n) is 3.61. The van der Waals surface area contributed by atoms with Crippen LogP contribution in [0.25, 0.3) is 0 Å². The number of halogens is 1. The fourth-order valence-corrected chi connectivity index (χ4v) is 2.76. The number of hydrogen-bond acceptors (Lipinski definition) is 4. The molecule has 4 nitrogen and oxygen atoms in total. The fourth-order valence-electron chi connectivity index (χ4n) is 2.37. The zero-order valence-electron chi connectivity index (χ0n) is 12.2. The molecular formula is C15H23BrN2O2. The monoisotopic (exact) mass is 342 g/mol. The molecule has 0 aromatic heterocycles. The van der Waals surface area contributed by atoms with Gasteiger partial charge < -0.3 is 14.8 Å². The van der Waals surface area contributed by atoms with Crippen molar-refractivity contribution < 1.29 is 9.47 Å². The van der Waals surface area contributed by atoms with Gasteiger partial charge in [0.25, 0.3) is 0 Å². The molecule has 20 heavy (non-hydrogen) atoms. The zero-order chi connectivity index (χ0) is 14.4. The Kier molecular flexibility index (Phi) is 6.29. The van der Waals surface area contributed by atoms with Crippen molar-refractivity contribution in [1.82, 2.24) is 10.2 Å². The molecule has 1 heterocycles. The second-order valence-electron chi connectivity index (χ2n) is 4.97. The molecule has 0 aliphatic carbocycles. The van der Waals surface area contributed by atoms with Gasteiger partial charge in [0.15, 0.2) is 0 Å². The van der Waals surface area contributed by atoms with Gasteiger partial charge in [0.2, 0.25) is 0 Å². The summed E-state index contributed by atoms with van der Waals surface area (Å²) >= 11 is 3.57. The van der Waals surface area contributed by atoms with Crippen molar-refractivity contribution in [2.24, 2.45) is 0 Å². The van der Waals surface area contributed by atoms with Crippen molar-refractivity contribution in [2.45, 2.75) is 19.6 Å². The average Bonchev–Trinajstić information content (AvgIpc) is 2.49. The molecule has 5 heteroatoms. The van der Waals surface area contributed by atoms with Crippen LogP contribution in [0.4, 0.5) is 0 Å². The summed E-state index contributed by atoms with van der Waals surface area (Å²) in [4.78, 5) is 2.43. The highest BCUT2D eigenvalue weighted by Crippen LogP contribution is 2.22. The Labute approximate surface area is 129 Å². The number of benzene rings is 1. The first-order chi connectivity index (χ1) is 9.72. The number of methoxy groups -OCH3 is 1. The number of nitrogens with one attached hydrogen (secondary N) is 1. The second-order valence-corrected chi connectivity index (χ2v) is 5.83. The van der Waals surface area contributed by atoms with E-state index in [0.717, 1.165) is 49.6 Å². The maximum Gasteiger partial charge on any atom is 0.119 e. The highest BCUT2D eigenvalue weighted by molar-refractivity contribution is 9.10. The molecule has 1 unspecified atom stereocenters. The minimum atomic E-state index is 0.285. The molecule has 1 aromatic rings. The smallest absolute Gasteiger partial charge is 0.119 e. The van der Waals surface area contributed by atoms with E-state index in [1.807, 2.05) is 12.1 Å². The summed E-state index contributed by atoms with van der Waals surface area (Å²) in [7, 11) is 1.69. The first kappa shape index (κ1) is 15.8. The van der Waals surface area contributed by atoms with E-state index < -0.39 is 0 Å². The highest BCUT2D eigenvalue weighted by Gasteiger charge is 2.18. The highest BCUT2D eigenvalue weighted by atomic mass is 79.9. The number of morpholine rings is 1. The van der Waals surface area contributed by atoms with Gasteiger partial charge in [-0.3, -0.25) is 4.90 Å². The Balaban J connectivity index is 1.80. The van der Waals surface area contributed by atoms with Crippen LogP contribution >= 0.6 is 15.9 Å². The van der Waals surface area contributed by atoms with Gasteiger partial charge in [-0.1, -0.05) is 22.9 Å². The number of hydrogen-bond donors (Lipinski definition) is 1. The SMILES string of the molecule is CCN1CCOC(CNCc2cc(OC)ccc2Br)C1. The molecule has 1 aliphatic heterocycles. The molecule has 1 aromatic carbocycles. The van der Waals surface area contributed by atoms with E-state index in [1.54, 1.807) is 7.11 Å². The molecule has 0 spiro atoms. The Morgan fingerprint density at radius 3 is 3.10 bits per heavy atom. The Morgan fingerprint density at radius 2 is 2.35 bits per heavy atom. The van der Waals surface area contributed by atoms with Gasteiger partial charge in [-0.25, -0.2) is 0 Å². The van der Waals surface area contributed by atoms with E-state index >= 15 is 0 Å². The Morgan fingerprint density at radius 1 is 1.50 bits per heavy atom. The van der Waals surface area contributed by atoms with Crippen molar-refractivity contribution in [1.29, 1.82) is 0 Å². The molecule has 0 radical (unpaired) electrons. The van der Waals surface area contributed by atoms with Gasteiger partial charge in [-0.05, 0) is 30.3 Å². The quantitative estimate of drug-likeness (QED) is 0.859. The summed E-state index contributed by atoms with van der Waals surface area (Å²) in [6.45, 7) is 7.88. The van der Waals surface area contributed by atoms with Crippen LogP contribution in [-0.4, -0.2) is 50.9 Å². The summed E-state index contributed by atoms with van der Waals surface area (Å²) in [6.07, 6.45) is 0.285. The Hall–Kier alpha value is -0.620. The lowest BCUT2D eigenvalue weighted by atomic mass is 10.2. The van der Waals surface area contributed by atoms with Crippen LogP contribution in [-0.2, 0) is 11.3 Å². The lowest BCUT2D eigenvalue weighted by Crippen LogP contribution is -2.46. The van der Waals surface area contributed by atoms with Crippen molar-refractivity contribution in [3.8, 4) is 5.75 Å². The standard InChI is InChI=1S/C15H23BrN2O2/c1-3-18-6-7-20-14(11-18)10-17-9-12-8-13(19-2)4-5-15(12)16/h4-5,8,14,17H,3,6-7,9-11H2,1-2H3. The molecule has 1 fully saturated rings. The minimum Gasteiger partial charge on any atom is -0.497 e. The number of likely N-dealkylation sites (N-methyl/N-ethyl adjacent to an activating group) is 1. The van der Waals surface area contributed by atoms with Crippen LogP contribution in [0.1, 0.15) is 12.5 Å².